The van der Waals surface area contributed by atoms with Crippen molar-refractivity contribution in [2.45, 2.75) is 98.8 Å². The molecule has 0 saturated carbocycles. The van der Waals surface area contributed by atoms with Crippen LogP contribution in [0.5, 0.6) is 0 Å². The molecule has 0 spiro atoms. The predicted octanol–water partition coefficient (Wildman–Crippen LogP) is 4.67. The van der Waals surface area contributed by atoms with Gasteiger partial charge in [0.1, 0.15) is 17.7 Å². The lowest BCUT2D eigenvalue weighted by atomic mass is 9.96. The Hall–Kier alpha value is -3.10. The summed E-state index contributed by atoms with van der Waals surface area (Å²) in [5.41, 5.74) is 0.816. The summed E-state index contributed by atoms with van der Waals surface area (Å²) in [6.07, 6.45) is 1.84. The summed E-state index contributed by atoms with van der Waals surface area (Å²) in [4.78, 5) is 53.7. The highest BCUT2D eigenvalue weighted by molar-refractivity contribution is 5.92. The molecule has 1 aromatic rings. The van der Waals surface area contributed by atoms with Crippen molar-refractivity contribution in [3.8, 4) is 0 Å². The average Bonchev–Trinajstić information content (AvgIpc) is 2.81. The highest BCUT2D eigenvalue weighted by Crippen LogP contribution is 2.27. The molecule has 0 aliphatic carbocycles. The fourth-order valence-electron chi connectivity index (χ4n) is 3.99. The fraction of sp³-hybridized carbons (Fsp3) is 0.655. The van der Waals surface area contributed by atoms with Crippen molar-refractivity contribution in [3.05, 3.63) is 35.4 Å². The van der Waals surface area contributed by atoms with Crippen LogP contribution in [-0.4, -0.2) is 60.1 Å². The average molecular weight is 534 g/mol. The second kappa shape index (κ2) is 16.0. The van der Waals surface area contributed by atoms with Crippen molar-refractivity contribution in [1.82, 2.24) is 15.5 Å². The highest BCUT2D eigenvalue weighted by Gasteiger charge is 2.37. The van der Waals surface area contributed by atoms with Crippen LogP contribution in [0, 0.1) is 12.8 Å². The van der Waals surface area contributed by atoms with E-state index in [1.165, 1.54) is 0 Å². The second-order valence-corrected chi connectivity index (χ2v) is 10.7. The van der Waals surface area contributed by atoms with Crippen LogP contribution in [-0.2, 0) is 23.9 Å². The number of unbranched alkanes of at least 4 members (excludes halogenated alkanes) is 2. The summed E-state index contributed by atoms with van der Waals surface area (Å²) in [6.45, 7) is 15.3. The van der Waals surface area contributed by atoms with Crippen LogP contribution in [0.1, 0.15) is 91.3 Å². The number of hydrogen-bond donors (Lipinski definition) is 2. The molecule has 0 saturated heterocycles. The van der Waals surface area contributed by atoms with E-state index in [4.69, 9.17) is 9.47 Å². The maximum atomic E-state index is 14.1. The van der Waals surface area contributed by atoms with Gasteiger partial charge in [0.2, 0.25) is 11.8 Å². The summed E-state index contributed by atoms with van der Waals surface area (Å²) in [7, 11) is 0. The van der Waals surface area contributed by atoms with Crippen LogP contribution in [0.25, 0.3) is 0 Å². The third-order valence-corrected chi connectivity index (χ3v) is 5.87. The molecule has 1 aromatic carbocycles. The van der Waals surface area contributed by atoms with Gasteiger partial charge in [-0.05, 0) is 58.1 Å². The Bertz CT molecular complexity index is 925. The number of nitrogens with zero attached hydrogens (tertiary/aromatic N) is 1. The van der Waals surface area contributed by atoms with E-state index in [0.29, 0.717) is 18.5 Å². The van der Waals surface area contributed by atoms with Gasteiger partial charge in [0.05, 0.1) is 13.0 Å². The molecule has 3 amide bonds. The molecule has 9 heteroatoms. The zero-order valence-corrected chi connectivity index (χ0v) is 24.4. The monoisotopic (exact) mass is 533 g/mol. The van der Waals surface area contributed by atoms with Crippen molar-refractivity contribution < 1.29 is 28.7 Å². The van der Waals surface area contributed by atoms with Gasteiger partial charge in [0, 0.05) is 13.1 Å². The summed E-state index contributed by atoms with van der Waals surface area (Å²) >= 11 is 0. The quantitative estimate of drug-likeness (QED) is 0.265. The van der Waals surface area contributed by atoms with Crippen molar-refractivity contribution in [1.29, 1.82) is 0 Å². The van der Waals surface area contributed by atoms with Gasteiger partial charge in [-0.25, -0.2) is 4.79 Å². The Kier molecular flexibility index (Phi) is 13.9. The van der Waals surface area contributed by atoms with Crippen LogP contribution < -0.4 is 10.6 Å². The summed E-state index contributed by atoms with van der Waals surface area (Å²) in [6, 6.07) is 5.58. The first-order valence-electron chi connectivity index (χ1n) is 13.6. The lowest BCUT2D eigenvalue weighted by molar-refractivity contribution is -0.145. The van der Waals surface area contributed by atoms with E-state index < -0.39 is 35.7 Å². The third kappa shape index (κ3) is 11.1. The van der Waals surface area contributed by atoms with E-state index in [9.17, 15) is 19.2 Å². The molecule has 9 nitrogen and oxygen atoms in total. The number of benzene rings is 1. The molecule has 0 aliphatic heterocycles. The molecule has 38 heavy (non-hydrogen) atoms. The number of carbonyl (C=O) groups excluding carboxylic acids is 4. The zero-order chi connectivity index (χ0) is 28.9. The number of nitrogens with one attached hydrogen (secondary N) is 2. The van der Waals surface area contributed by atoms with Crippen molar-refractivity contribution in [2.24, 2.45) is 5.92 Å². The van der Waals surface area contributed by atoms with Gasteiger partial charge in [-0.15, -0.1) is 0 Å². The van der Waals surface area contributed by atoms with Crippen LogP contribution in [0.3, 0.4) is 0 Å². The van der Waals surface area contributed by atoms with Crippen LogP contribution in [0.2, 0.25) is 0 Å². The minimum absolute atomic E-state index is 0.0265. The van der Waals surface area contributed by atoms with Gasteiger partial charge in [-0.3, -0.25) is 14.4 Å². The summed E-state index contributed by atoms with van der Waals surface area (Å²) < 4.78 is 10.4. The molecule has 2 N–H and O–H groups in total. The van der Waals surface area contributed by atoms with E-state index in [1.54, 1.807) is 32.6 Å². The number of esters is 1. The molecule has 2 unspecified atom stereocenters. The Balaban J connectivity index is 3.40. The molecular formula is C29H47N3O6. The van der Waals surface area contributed by atoms with E-state index in [0.717, 1.165) is 18.4 Å². The minimum atomic E-state index is -0.940. The molecule has 1 rings (SSSR count). The maximum absolute atomic E-state index is 14.1. The van der Waals surface area contributed by atoms with Crippen molar-refractivity contribution in [2.75, 3.05) is 19.7 Å². The van der Waals surface area contributed by atoms with Gasteiger partial charge in [-0.2, -0.15) is 0 Å². The predicted molar refractivity (Wildman–Crippen MR) is 147 cm³/mol. The second-order valence-electron chi connectivity index (χ2n) is 10.7. The maximum Gasteiger partial charge on any atom is 0.408 e. The van der Waals surface area contributed by atoms with E-state index in [1.807, 2.05) is 45.0 Å². The largest absolute Gasteiger partial charge is 0.466 e. The zero-order valence-electron chi connectivity index (χ0n) is 24.4. The third-order valence-electron chi connectivity index (χ3n) is 5.87. The SMILES string of the molecule is CCCCCN(C(=O)C(NC(=O)OC(C)(C)C)C(C)C)C(C(=O)NCCC(=O)OCC)c1ccccc1C. The molecular weight excluding hydrogens is 486 g/mol. The Morgan fingerprint density at radius 3 is 2.24 bits per heavy atom. The molecule has 0 aliphatic rings. The topological polar surface area (TPSA) is 114 Å². The van der Waals surface area contributed by atoms with Gasteiger partial charge in [0.25, 0.3) is 0 Å². The highest BCUT2D eigenvalue weighted by atomic mass is 16.6. The van der Waals surface area contributed by atoms with E-state index >= 15 is 0 Å². The Labute approximate surface area is 228 Å². The number of rotatable bonds is 14. The van der Waals surface area contributed by atoms with E-state index in [-0.39, 0.29) is 31.4 Å². The Morgan fingerprint density at radius 1 is 1.03 bits per heavy atom. The standard InChI is InChI=1S/C29H47N3O6/c1-9-11-14-19-32(27(35)24(20(3)4)31-28(36)38-29(6,7)8)25(22-16-13-12-15-21(22)5)26(34)30-18-17-23(33)37-10-2/h12-13,15-16,20,24-25H,9-11,14,17-19H2,1-8H3,(H,30,34)(H,31,36). The van der Waals surface area contributed by atoms with Crippen LogP contribution in [0.15, 0.2) is 24.3 Å². The molecule has 0 bridgehead atoms. The van der Waals surface area contributed by atoms with Gasteiger partial charge < -0.3 is 25.0 Å². The minimum Gasteiger partial charge on any atom is -0.466 e. The fourth-order valence-corrected chi connectivity index (χ4v) is 3.99. The molecule has 0 aromatic heterocycles. The van der Waals surface area contributed by atoms with Crippen molar-refractivity contribution >= 4 is 23.9 Å². The van der Waals surface area contributed by atoms with Gasteiger partial charge in [0.15, 0.2) is 0 Å². The molecule has 0 fully saturated rings. The first-order valence-corrected chi connectivity index (χ1v) is 13.6. The number of ether oxygens (including phenoxy) is 2. The summed E-state index contributed by atoms with van der Waals surface area (Å²) in [5, 5.41) is 5.55. The van der Waals surface area contributed by atoms with Crippen LogP contribution >= 0.6 is 0 Å². The normalized spacial score (nSPS) is 12.9. The lowest BCUT2D eigenvalue weighted by Gasteiger charge is -2.36. The first-order chi connectivity index (χ1) is 17.8. The Morgan fingerprint density at radius 2 is 1.68 bits per heavy atom. The van der Waals surface area contributed by atoms with Crippen molar-refractivity contribution in [3.63, 3.8) is 0 Å². The first kappa shape index (κ1) is 32.9. The number of carbonyl (C=O) groups is 4. The lowest BCUT2D eigenvalue weighted by Crippen LogP contribution is -2.55. The van der Waals surface area contributed by atoms with Gasteiger partial charge >= 0.3 is 12.1 Å². The smallest absolute Gasteiger partial charge is 0.408 e. The number of hydrogen-bond acceptors (Lipinski definition) is 6. The van der Waals surface area contributed by atoms with E-state index in [2.05, 4.69) is 17.6 Å². The number of alkyl carbamates (subject to hydrolysis) is 1. The number of amides is 3. The molecule has 214 valence electrons. The molecule has 2 atom stereocenters. The molecule has 0 heterocycles. The van der Waals surface area contributed by atoms with Gasteiger partial charge in [-0.1, -0.05) is 57.9 Å². The summed E-state index contributed by atoms with van der Waals surface area (Å²) in [5.74, 6) is -1.42. The molecule has 0 radical (unpaired) electrons. The van der Waals surface area contributed by atoms with Crippen LogP contribution in [0.4, 0.5) is 4.79 Å². The number of aryl methyl sites for hydroxylation is 1.